The molecule has 0 aliphatic carbocycles. The lowest BCUT2D eigenvalue weighted by molar-refractivity contribution is 0.0240. The highest BCUT2D eigenvalue weighted by Crippen LogP contribution is 2.27. The maximum Gasteiger partial charge on any atom is 0.410 e. The smallest absolute Gasteiger partial charge is 0.410 e. The molecule has 2 heterocycles. The van der Waals surface area contributed by atoms with Crippen LogP contribution in [-0.2, 0) is 4.74 Å². The summed E-state index contributed by atoms with van der Waals surface area (Å²) < 4.78 is 20.0. The summed E-state index contributed by atoms with van der Waals surface area (Å²) in [5.41, 5.74) is 0.503. The molecule has 7 nitrogen and oxygen atoms in total. The van der Waals surface area contributed by atoms with E-state index in [-0.39, 0.29) is 17.9 Å². The number of nitrogens with one attached hydrogen (secondary N) is 1. The van der Waals surface area contributed by atoms with Crippen molar-refractivity contribution in [3.8, 4) is 0 Å². The molecule has 3 amide bonds. The minimum absolute atomic E-state index is 0.205. The van der Waals surface area contributed by atoms with E-state index in [4.69, 9.17) is 4.74 Å². The molecule has 2 fully saturated rings. The Morgan fingerprint density at radius 2 is 1.85 bits per heavy atom. The minimum atomic E-state index is -0.530. The molecule has 8 heteroatoms. The number of piperazine rings is 1. The fraction of sp³-hybridized carbons (Fsp3) is 0.556. The van der Waals surface area contributed by atoms with E-state index in [0.717, 1.165) is 0 Å². The quantitative estimate of drug-likeness (QED) is 0.875. The number of rotatable bonds is 2. The number of hydrogen-bond acceptors (Lipinski definition) is 4. The number of carbonyl (C=O) groups is 2. The highest BCUT2D eigenvalue weighted by Gasteiger charge is 2.27. The molecule has 1 N–H and O–H groups in total. The molecule has 0 bridgehead atoms. The molecule has 0 radical (unpaired) electrons. The van der Waals surface area contributed by atoms with Gasteiger partial charge < -0.3 is 19.9 Å². The second kappa shape index (κ2) is 7.01. The fourth-order valence-electron chi connectivity index (χ4n) is 3.09. The number of urea groups is 1. The monoisotopic (exact) mass is 364 g/mol. The normalized spacial score (nSPS) is 18.2. The molecule has 0 spiro atoms. The fourth-order valence-corrected chi connectivity index (χ4v) is 3.09. The van der Waals surface area contributed by atoms with Crippen molar-refractivity contribution in [3.63, 3.8) is 0 Å². The van der Waals surface area contributed by atoms with Crippen molar-refractivity contribution in [1.82, 2.24) is 10.2 Å². The lowest BCUT2D eigenvalue weighted by Gasteiger charge is -2.37. The molecular weight excluding hydrogens is 339 g/mol. The SMILES string of the molecule is CC(C)(C)OC(=O)N1CCN(c2ccc(N3CCNC3=O)cc2F)CC1. The van der Waals surface area contributed by atoms with E-state index in [9.17, 15) is 14.0 Å². The lowest BCUT2D eigenvalue weighted by atomic mass is 10.2. The maximum atomic E-state index is 14.6. The Bertz CT molecular complexity index is 696. The van der Waals surface area contributed by atoms with Gasteiger partial charge >= 0.3 is 12.1 Å². The van der Waals surface area contributed by atoms with Crippen LogP contribution in [-0.4, -0.2) is 61.9 Å². The van der Waals surface area contributed by atoms with Crippen molar-refractivity contribution in [1.29, 1.82) is 0 Å². The number of nitrogens with zero attached hydrogens (tertiary/aromatic N) is 3. The van der Waals surface area contributed by atoms with Crippen molar-refractivity contribution in [2.45, 2.75) is 26.4 Å². The van der Waals surface area contributed by atoms with E-state index >= 15 is 0 Å². The van der Waals surface area contributed by atoms with Crippen molar-refractivity contribution in [2.75, 3.05) is 49.1 Å². The topological polar surface area (TPSA) is 65.1 Å². The molecular formula is C18H25FN4O3. The first-order chi connectivity index (χ1) is 12.2. The van der Waals surface area contributed by atoms with Crippen LogP contribution >= 0.6 is 0 Å². The molecule has 2 saturated heterocycles. The van der Waals surface area contributed by atoms with Crippen molar-refractivity contribution in [2.24, 2.45) is 0 Å². The predicted molar refractivity (Wildman–Crippen MR) is 97.2 cm³/mol. The van der Waals surface area contributed by atoms with Crippen LogP contribution in [0.5, 0.6) is 0 Å². The van der Waals surface area contributed by atoms with Crippen LogP contribution in [0, 0.1) is 5.82 Å². The summed E-state index contributed by atoms with van der Waals surface area (Å²) in [7, 11) is 0. The van der Waals surface area contributed by atoms with Gasteiger partial charge in [-0.25, -0.2) is 14.0 Å². The van der Waals surface area contributed by atoms with Crippen molar-refractivity contribution < 1.29 is 18.7 Å². The summed E-state index contributed by atoms with van der Waals surface area (Å²) in [6.45, 7) is 8.60. The molecule has 2 aliphatic heterocycles. The third kappa shape index (κ3) is 4.00. The van der Waals surface area contributed by atoms with Crippen LogP contribution in [0.3, 0.4) is 0 Å². The highest BCUT2D eigenvalue weighted by molar-refractivity contribution is 5.94. The molecule has 0 unspecified atom stereocenters. The maximum absolute atomic E-state index is 14.6. The van der Waals surface area contributed by atoms with Gasteiger partial charge in [0.15, 0.2) is 0 Å². The predicted octanol–water partition coefficient (Wildman–Crippen LogP) is 2.41. The number of benzene rings is 1. The van der Waals surface area contributed by atoms with Crippen molar-refractivity contribution >= 4 is 23.5 Å². The Kier molecular flexibility index (Phi) is 4.93. The van der Waals surface area contributed by atoms with Crippen LogP contribution in [0.25, 0.3) is 0 Å². The molecule has 0 aromatic heterocycles. The molecule has 0 saturated carbocycles. The van der Waals surface area contributed by atoms with E-state index in [1.165, 1.54) is 11.0 Å². The summed E-state index contributed by atoms with van der Waals surface area (Å²) in [6, 6.07) is 4.63. The zero-order chi connectivity index (χ0) is 18.9. The third-order valence-electron chi connectivity index (χ3n) is 4.37. The second-order valence-corrected chi connectivity index (χ2v) is 7.47. The Morgan fingerprint density at radius 3 is 2.38 bits per heavy atom. The van der Waals surface area contributed by atoms with Gasteiger partial charge in [-0.3, -0.25) is 4.90 Å². The Balaban J connectivity index is 1.62. The zero-order valence-corrected chi connectivity index (χ0v) is 15.4. The van der Waals surface area contributed by atoms with Gasteiger partial charge in [0.25, 0.3) is 0 Å². The van der Waals surface area contributed by atoms with Gasteiger partial charge in [0.1, 0.15) is 11.4 Å². The summed E-state index contributed by atoms with van der Waals surface area (Å²) in [5.74, 6) is -0.368. The second-order valence-electron chi connectivity index (χ2n) is 7.47. The van der Waals surface area contributed by atoms with Gasteiger partial charge in [-0.05, 0) is 39.0 Å². The van der Waals surface area contributed by atoms with Crippen LogP contribution < -0.4 is 15.1 Å². The average Bonchev–Trinajstić information content (AvgIpc) is 2.99. The Morgan fingerprint density at radius 1 is 1.15 bits per heavy atom. The van der Waals surface area contributed by atoms with Gasteiger partial charge in [0.05, 0.1) is 5.69 Å². The first kappa shape index (κ1) is 18.3. The Labute approximate surface area is 152 Å². The van der Waals surface area contributed by atoms with Crippen LogP contribution in [0.2, 0.25) is 0 Å². The summed E-state index contributed by atoms with van der Waals surface area (Å²) >= 11 is 0. The number of carbonyl (C=O) groups excluding carboxylic acids is 2. The molecule has 1 aromatic carbocycles. The van der Waals surface area contributed by atoms with Crippen molar-refractivity contribution in [3.05, 3.63) is 24.0 Å². The van der Waals surface area contributed by atoms with Gasteiger partial charge in [0, 0.05) is 45.0 Å². The first-order valence-electron chi connectivity index (χ1n) is 8.82. The Hall–Kier alpha value is -2.51. The third-order valence-corrected chi connectivity index (χ3v) is 4.37. The molecule has 3 rings (SSSR count). The number of anilines is 2. The lowest BCUT2D eigenvalue weighted by Crippen LogP contribution is -2.50. The standard InChI is InChI=1S/C18H25FN4O3/c1-18(2,3)26-17(25)22-10-8-21(9-11-22)15-5-4-13(12-14(15)19)23-7-6-20-16(23)24/h4-5,12H,6-11H2,1-3H3,(H,20,24). The molecule has 0 atom stereocenters. The van der Waals surface area contributed by atoms with Crippen LogP contribution in [0.1, 0.15) is 20.8 Å². The number of hydrogen-bond donors (Lipinski definition) is 1. The summed E-state index contributed by atoms with van der Waals surface area (Å²) in [5, 5.41) is 2.70. The minimum Gasteiger partial charge on any atom is -0.444 e. The number of halogens is 1. The molecule has 26 heavy (non-hydrogen) atoms. The number of ether oxygens (including phenoxy) is 1. The zero-order valence-electron chi connectivity index (χ0n) is 15.4. The first-order valence-corrected chi connectivity index (χ1v) is 8.82. The highest BCUT2D eigenvalue weighted by atomic mass is 19.1. The van der Waals surface area contributed by atoms with Gasteiger partial charge in [-0.15, -0.1) is 0 Å². The van der Waals surface area contributed by atoms with Crippen LogP contribution in [0.4, 0.5) is 25.4 Å². The van der Waals surface area contributed by atoms with E-state index in [0.29, 0.717) is 50.6 Å². The van der Waals surface area contributed by atoms with E-state index in [2.05, 4.69) is 5.32 Å². The summed E-state index contributed by atoms with van der Waals surface area (Å²) in [6.07, 6.45) is -0.340. The van der Waals surface area contributed by atoms with E-state index < -0.39 is 5.60 Å². The molecule has 142 valence electrons. The van der Waals surface area contributed by atoms with Gasteiger partial charge in [-0.2, -0.15) is 0 Å². The average molecular weight is 364 g/mol. The van der Waals surface area contributed by atoms with E-state index in [1.807, 2.05) is 25.7 Å². The van der Waals surface area contributed by atoms with Gasteiger partial charge in [0.2, 0.25) is 0 Å². The van der Waals surface area contributed by atoms with Crippen LogP contribution in [0.15, 0.2) is 18.2 Å². The summed E-state index contributed by atoms with van der Waals surface area (Å²) in [4.78, 5) is 28.9. The molecule has 1 aromatic rings. The molecule has 2 aliphatic rings. The van der Waals surface area contributed by atoms with E-state index in [1.54, 1.807) is 17.0 Å². The number of amides is 3. The largest absolute Gasteiger partial charge is 0.444 e. The van der Waals surface area contributed by atoms with Gasteiger partial charge in [-0.1, -0.05) is 0 Å².